The Labute approximate surface area is 197 Å². The summed E-state index contributed by atoms with van der Waals surface area (Å²) in [5.74, 6) is 0.669. The molecule has 0 aliphatic carbocycles. The first kappa shape index (κ1) is 23.5. The van der Waals surface area contributed by atoms with Crippen molar-refractivity contribution >= 4 is 17.6 Å². The van der Waals surface area contributed by atoms with E-state index in [4.69, 9.17) is 4.74 Å². The molecule has 0 bridgehead atoms. The molecule has 0 aliphatic heterocycles. The van der Waals surface area contributed by atoms with Gasteiger partial charge in [0.15, 0.2) is 0 Å². The minimum Gasteiger partial charge on any atom is -0.497 e. The van der Waals surface area contributed by atoms with Gasteiger partial charge in [-0.15, -0.1) is 0 Å². The van der Waals surface area contributed by atoms with Gasteiger partial charge in [0, 0.05) is 23.4 Å². The number of alkyl halides is 3. The second-order valence-electron chi connectivity index (χ2n) is 7.30. The Hall–Kier alpha value is -4.67. The number of hydrogen-bond acceptors (Lipinski definition) is 6. The molecule has 3 aromatic carbocycles. The molecule has 1 aromatic heterocycles. The van der Waals surface area contributed by atoms with Crippen LogP contribution in [0, 0.1) is 10.1 Å². The Balaban J connectivity index is 1.68. The molecule has 0 saturated heterocycles. The highest BCUT2D eigenvalue weighted by atomic mass is 19.4. The van der Waals surface area contributed by atoms with Crippen molar-refractivity contribution in [3.63, 3.8) is 0 Å². The van der Waals surface area contributed by atoms with Crippen LogP contribution in [0.5, 0.6) is 5.75 Å². The number of para-hydroxylation sites is 1. The van der Waals surface area contributed by atoms with E-state index in [1.54, 1.807) is 30.1 Å². The molecule has 0 fully saturated rings. The van der Waals surface area contributed by atoms with Crippen LogP contribution >= 0.6 is 0 Å². The predicted octanol–water partition coefficient (Wildman–Crippen LogP) is 5.92. The van der Waals surface area contributed by atoms with Gasteiger partial charge in [0.2, 0.25) is 0 Å². The van der Waals surface area contributed by atoms with Crippen molar-refractivity contribution in [3.8, 4) is 22.7 Å². The van der Waals surface area contributed by atoms with Crippen molar-refractivity contribution in [3.05, 3.63) is 100 Å². The molecule has 178 valence electrons. The van der Waals surface area contributed by atoms with Gasteiger partial charge in [-0.05, 0) is 48.5 Å². The van der Waals surface area contributed by atoms with Gasteiger partial charge in [-0.1, -0.05) is 18.2 Å². The van der Waals surface area contributed by atoms with Gasteiger partial charge in [-0.25, -0.2) is 4.68 Å². The van der Waals surface area contributed by atoms with Crippen molar-refractivity contribution in [2.75, 3.05) is 12.5 Å². The van der Waals surface area contributed by atoms with Crippen LogP contribution in [0.25, 0.3) is 16.9 Å². The van der Waals surface area contributed by atoms with Crippen molar-refractivity contribution in [2.24, 2.45) is 5.10 Å². The Morgan fingerprint density at radius 1 is 1.09 bits per heavy atom. The zero-order chi connectivity index (χ0) is 25.0. The van der Waals surface area contributed by atoms with Crippen LogP contribution in [0.4, 0.5) is 24.5 Å². The first-order valence-electron chi connectivity index (χ1n) is 10.2. The van der Waals surface area contributed by atoms with Gasteiger partial charge >= 0.3 is 6.18 Å². The van der Waals surface area contributed by atoms with E-state index in [0.29, 0.717) is 23.1 Å². The number of hydrogen-bond donors (Lipinski definition) is 1. The Bertz CT molecular complexity index is 1370. The lowest BCUT2D eigenvalue weighted by atomic mass is 10.1. The van der Waals surface area contributed by atoms with Gasteiger partial charge in [0.25, 0.3) is 5.69 Å². The number of methoxy groups -OCH3 is 1. The number of ether oxygens (including phenoxy) is 1. The lowest BCUT2D eigenvalue weighted by molar-refractivity contribution is -0.384. The Morgan fingerprint density at radius 3 is 2.43 bits per heavy atom. The number of anilines is 1. The third-order valence-corrected chi connectivity index (χ3v) is 5.04. The lowest BCUT2D eigenvalue weighted by Gasteiger charge is -2.08. The minimum absolute atomic E-state index is 0.180. The average Bonchev–Trinajstić information content (AvgIpc) is 3.28. The summed E-state index contributed by atoms with van der Waals surface area (Å²) in [5, 5.41) is 20.0. The second-order valence-corrected chi connectivity index (χ2v) is 7.30. The number of nitro benzene ring substituents is 1. The molecule has 35 heavy (non-hydrogen) atoms. The number of nitro groups is 1. The molecule has 0 spiro atoms. The Kier molecular flexibility index (Phi) is 6.49. The maximum absolute atomic E-state index is 12.9. The summed E-state index contributed by atoms with van der Waals surface area (Å²) in [5.41, 5.74) is 3.14. The smallest absolute Gasteiger partial charge is 0.416 e. The number of rotatable bonds is 7. The van der Waals surface area contributed by atoms with E-state index in [-0.39, 0.29) is 5.69 Å². The maximum atomic E-state index is 12.9. The predicted molar refractivity (Wildman–Crippen MR) is 125 cm³/mol. The molecule has 0 atom stereocenters. The van der Waals surface area contributed by atoms with E-state index in [1.807, 2.05) is 42.5 Å². The van der Waals surface area contributed by atoms with Gasteiger partial charge in [0.1, 0.15) is 17.1 Å². The van der Waals surface area contributed by atoms with E-state index >= 15 is 0 Å². The zero-order valence-electron chi connectivity index (χ0n) is 18.2. The summed E-state index contributed by atoms with van der Waals surface area (Å²) in [7, 11) is 1.56. The van der Waals surface area contributed by atoms with Crippen LogP contribution in [0.1, 0.15) is 11.1 Å². The van der Waals surface area contributed by atoms with Crippen molar-refractivity contribution in [1.29, 1.82) is 0 Å². The largest absolute Gasteiger partial charge is 0.497 e. The van der Waals surface area contributed by atoms with Crippen LogP contribution < -0.4 is 10.2 Å². The van der Waals surface area contributed by atoms with Crippen molar-refractivity contribution in [2.45, 2.75) is 6.18 Å². The van der Waals surface area contributed by atoms with Crippen molar-refractivity contribution in [1.82, 2.24) is 9.78 Å². The number of nitrogens with one attached hydrogen (secondary N) is 1. The van der Waals surface area contributed by atoms with E-state index < -0.39 is 22.4 Å². The lowest BCUT2D eigenvalue weighted by Crippen LogP contribution is -2.06. The van der Waals surface area contributed by atoms with Gasteiger partial charge in [0.05, 0.1) is 29.5 Å². The summed E-state index contributed by atoms with van der Waals surface area (Å²) in [6.45, 7) is 0. The monoisotopic (exact) mass is 481 g/mol. The average molecular weight is 481 g/mol. The summed E-state index contributed by atoms with van der Waals surface area (Å²) in [4.78, 5) is 10.4. The molecule has 0 radical (unpaired) electrons. The fourth-order valence-electron chi connectivity index (χ4n) is 3.29. The normalized spacial score (nSPS) is 11.5. The van der Waals surface area contributed by atoms with Gasteiger partial charge in [-0.3, -0.25) is 15.5 Å². The molecule has 0 aliphatic rings. The van der Waals surface area contributed by atoms with Crippen LogP contribution in [0.3, 0.4) is 0 Å². The van der Waals surface area contributed by atoms with Crippen LogP contribution in [0.2, 0.25) is 0 Å². The van der Waals surface area contributed by atoms with E-state index in [9.17, 15) is 23.3 Å². The van der Waals surface area contributed by atoms with Crippen LogP contribution in [-0.4, -0.2) is 28.0 Å². The topological polar surface area (TPSA) is 94.6 Å². The first-order chi connectivity index (χ1) is 16.8. The third kappa shape index (κ3) is 5.29. The molecule has 1 N–H and O–H groups in total. The van der Waals surface area contributed by atoms with Gasteiger partial charge in [-0.2, -0.15) is 23.4 Å². The number of hydrazone groups is 1. The SMILES string of the molecule is COc1ccc(-c2nn(-c3ccccc3)cc2/C=N/Nc2ccc(C(F)(F)F)cc2[N+](=O)[O-])cc1. The van der Waals surface area contributed by atoms with Gasteiger partial charge < -0.3 is 4.74 Å². The molecule has 11 heteroatoms. The molecular weight excluding hydrogens is 463 g/mol. The van der Waals surface area contributed by atoms with E-state index in [2.05, 4.69) is 15.6 Å². The molecule has 0 unspecified atom stereocenters. The van der Waals surface area contributed by atoms with Crippen LogP contribution in [0.15, 0.2) is 84.1 Å². The number of halogens is 3. The first-order valence-corrected chi connectivity index (χ1v) is 10.2. The molecule has 4 rings (SSSR count). The Morgan fingerprint density at radius 2 is 1.80 bits per heavy atom. The number of aromatic nitrogens is 2. The maximum Gasteiger partial charge on any atom is 0.416 e. The highest BCUT2D eigenvalue weighted by molar-refractivity contribution is 5.89. The molecular formula is C24H18F3N5O3. The summed E-state index contributed by atoms with van der Waals surface area (Å²) in [6.07, 6.45) is -1.58. The molecule has 4 aromatic rings. The molecule has 8 nitrogen and oxygen atoms in total. The number of nitrogens with zero attached hydrogens (tertiary/aromatic N) is 4. The molecule has 0 amide bonds. The van der Waals surface area contributed by atoms with E-state index in [1.165, 1.54) is 6.21 Å². The zero-order valence-corrected chi connectivity index (χ0v) is 18.2. The number of benzene rings is 3. The highest BCUT2D eigenvalue weighted by Crippen LogP contribution is 2.35. The molecule has 0 saturated carbocycles. The highest BCUT2D eigenvalue weighted by Gasteiger charge is 2.33. The third-order valence-electron chi connectivity index (χ3n) is 5.04. The fraction of sp³-hybridized carbons (Fsp3) is 0.0833. The van der Waals surface area contributed by atoms with E-state index in [0.717, 1.165) is 23.4 Å². The molecule has 1 heterocycles. The van der Waals surface area contributed by atoms with Crippen molar-refractivity contribution < 1.29 is 22.8 Å². The van der Waals surface area contributed by atoms with Crippen LogP contribution in [-0.2, 0) is 6.18 Å². The fourth-order valence-corrected chi connectivity index (χ4v) is 3.29. The summed E-state index contributed by atoms with van der Waals surface area (Å²) >= 11 is 0. The summed E-state index contributed by atoms with van der Waals surface area (Å²) < 4.78 is 45.7. The quantitative estimate of drug-likeness (QED) is 0.201. The summed E-state index contributed by atoms with van der Waals surface area (Å²) in [6, 6.07) is 18.7. The second kappa shape index (κ2) is 9.67. The minimum atomic E-state index is -4.70. The standard InChI is InChI=1S/C24H18F3N5O3/c1-35-20-10-7-16(8-11-20)23-17(15-31(30-23)19-5-3-2-4-6-19)14-28-29-21-12-9-18(24(25,26)27)13-22(21)32(33)34/h2-15,29H,1H3/b28-14+.